The Bertz CT molecular complexity index is 1640. The summed E-state index contributed by atoms with van der Waals surface area (Å²) < 4.78 is 0. The van der Waals surface area contributed by atoms with E-state index in [1.807, 2.05) is 26.8 Å². The van der Waals surface area contributed by atoms with E-state index in [0.29, 0.717) is 48.1 Å². The third-order valence-electron chi connectivity index (χ3n) is 8.49. The Labute approximate surface area is 250 Å². The number of aromatic nitrogens is 2. The van der Waals surface area contributed by atoms with Crippen LogP contribution in [-0.2, 0) is 44.9 Å². The molecule has 0 bridgehead atoms. The van der Waals surface area contributed by atoms with Gasteiger partial charge in [0.05, 0.1) is 11.7 Å². The van der Waals surface area contributed by atoms with Crippen molar-refractivity contribution in [3.8, 4) is 0 Å². The summed E-state index contributed by atoms with van der Waals surface area (Å²) in [6.45, 7) is 15.1. The number of aliphatic carboxylic acids is 2. The number of nitrogens with one attached hydrogen (secondary N) is 4. The molecule has 43 heavy (non-hydrogen) atoms. The van der Waals surface area contributed by atoms with Gasteiger partial charge in [-0.05, 0) is 74.4 Å². The molecule has 2 aliphatic rings. The van der Waals surface area contributed by atoms with Gasteiger partial charge in [0.2, 0.25) is 0 Å². The molecule has 2 aromatic rings. The van der Waals surface area contributed by atoms with Crippen LogP contribution in [0.15, 0.2) is 53.3 Å². The number of aromatic amines is 2. The zero-order valence-corrected chi connectivity index (χ0v) is 25.0. The van der Waals surface area contributed by atoms with Crippen LogP contribution in [0.3, 0.4) is 0 Å². The minimum atomic E-state index is -0.914. The van der Waals surface area contributed by atoms with Gasteiger partial charge >= 0.3 is 11.9 Å². The number of carbonyl (C=O) groups is 4. The van der Waals surface area contributed by atoms with E-state index in [1.165, 1.54) is 0 Å². The number of carbonyl (C=O) groups excluding carboxylic acids is 2. The third kappa shape index (κ3) is 6.33. The monoisotopic (exact) mass is 586 g/mol. The predicted octanol–water partition coefficient (Wildman–Crippen LogP) is 4.10. The number of carboxylic acids is 2. The van der Waals surface area contributed by atoms with Crippen LogP contribution < -0.4 is 10.6 Å². The summed E-state index contributed by atoms with van der Waals surface area (Å²) in [4.78, 5) is 54.7. The SMILES string of the molecule is C=CC1=C(C)[C@H](Cc2[nH]c(Cc3[nH]c(/C=C4\NC(=O)C(C)=C4C=C)c(C)c3CCC(=O)O)c(CCC(=O)O)c2C)NC1=O. The van der Waals surface area contributed by atoms with Gasteiger partial charge in [0.15, 0.2) is 0 Å². The lowest BCUT2D eigenvalue weighted by Gasteiger charge is -2.12. The average Bonchev–Trinajstić information content (AvgIpc) is 3.59. The van der Waals surface area contributed by atoms with E-state index in [2.05, 4.69) is 33.8 Å². The number of allylic oxidation sites excluding steroid dienone is 1. The van der Waals surface area contributed by atoms with E-state index in [1.54, 1.807) is 19.1 Å². The molecule has 0 unspecified atom stereocenters. The van der Waals surface area contributed by atoms with Gasteiger partial charge in [0, 0.05) is 65.2 Å². The first kappa shape index (κ1) is 31.1. The maximum atomic E-state index is 12.4. The molecular weight excluding hydrogens is 548 g/mol. The van der Waals surface area contributed by atoms with Crippen LogP contribution in [0.2, 0.25) is 0 Å². The summed E-state index contributed by atoms with van der Waals surface area (Å²) in [5, 5.41) is 24.7. The molecule has 0 radical (unpaired) electrons. The summed E-state index contributed by atoms with van der Waals surface area (Å²) in [6, 6.07) is -0.215. The predicted molar refractivity (Wildman–Crippen MR) is 163 cm³/mol. The molecule has 10 nitrogen and oxygen atoms in total. The van der Waals surface area contributed by atoms with Crippen LogP contribution in [0.5, 0.6) is 0 Å². The zero-order chi connectivity index (χ0) is 31.6. The Balaban J connectivity index is 1.76. The second-order valence-electron chi connectivity index (χ2n) is 11.1. The standard InChI is InChI=1S/C33H38N4O6/c1-7-20-19(6)32(42)37-27(20)14-25-18(5)23(10-12-31(40)41)29(35-25)15-28-22(9-11-30(38)39)17(4)24(34-28)13-26-16(3)21(8-2)33(43)36-26/h7-8,14,26,34-35H,1-2,9-13,15H2,3-6H3,(H,36,43)(H,37,42)(H,38,39)(H,40,41)/b27-14-/t26-/m0/s1. The molecule has 0 saturated carbocycles. The molecule has 2 aromatic heterocycles. The van der Waals surface area contributed by atoms with Gasteiger partial charge in [-0.15, -0.1) is 0 Å². The van der Waals surface area contributed by atoms with E-state index in [-0.39, 0.29) is 30.7 Å². The highest BCUT2D eigenvalue weighted by Crippen LogP contribution is 2.31. The first-order valence-electron chi connectivity index (χ1n) is 14.2. The summed E-state index contributed by atoms with van der Waals surface area (Å²) in [7, 11) is 0. The van der Waals surface area contributed by atoms with Crippen LogP contribution in [0.1, 0.15) is 71.7 Å². The lowest BCUT2D eigenvalue weighted by molar-refractivity contribution is -0.138. The first-order chi connectivity index (χ1) is 20.4. The second kappa shape index (κ2) is 12.6. The number of hydrogen-bond donors (Lipinski definition) is 6. The van der Waals surface area contributed by atoms with E-state index in [4.69, 9.17) is 0 Å². The smallest absolute Gasteiger partial charge is 0.303 e. The van der Waals surface area contributed by atoms with Gasteiger partial charge in [-0.25, -0.2) is 0 Å². The first-order valence-corrected chi connectivity index (χ1v) is 14.2. The fourth-order valence-corrected chi connectivity index (χ4v) is 5.95. The van der Waals surface area contributed by atoms with Crippen LogP contribution >= 0.6 is 0 Å². The molecule has 0 aromatic carbocycles. The average molecular weight is 587 g/mol. The fraction of sp³-hybridized carbons (Fsp3) is 0.333. The Morgan fingerprint density at radius 3 is 1.95 bits per heavy atom. The van der Waals surface area contributed by atoms with Crippen molar-refractivity contribution in [3.05, 3.63) is 98.3 Å². The lowest BCUT2D eigenvalue weighted by atomic mass is 9.97. The lowest BCUT2D eigenvalue weighted by Crippen LogP contribution is -2.30. The molecule has 0 spiro atoms. The maximum Gasteiger partial charge on any atom is 0.303 e. The van der Waals surface area contributed by atoms with Gasteiger partial charge in [0.25, 0.3) is 11.8 Å². The minimum Gasteiger partial charge on any atom is -0.481 e. The van der Waals surface area contributed by atoms with Crippen LogP contribution in [0.4, 0.5) is 0 Å². The van der Waals surface area contributed by atoms with E-state index >= 15 is 0 Å². The molecule has 1 atom stereocenters. The molecule has 6 N–H and O–H groups in total. The van der Waals surface area contributed by atoms with Crippen molar-refractivity contribution >= 4 is 29.8 Å². The Morgan fingerprint density at radius 2 is 1.40 bits per heavy atom. The van der Waals surface area contributed by atoms with Gasteiger partial charge in [0.1, 0.15) is 0 Å². The molecule has 0 fully saturated rings. The fourth-order valence-electron chi connectivity index (χ4n) is 5.95. The molecule has 226 valence electrons. The van der Waals surface area contributed by atoms with Gasteiger partial charge in [-0.2, -0.15) is 0 Å². The molecule has 4 heterocycles. The highest BCUT2D eigenvalue weighted by atomic mass is 16.4. The molecule has 2 amide bonds. The Morgan fingerprint density at radius 1 is 0.814 bits per heavy atom. The number of H-pyrrole nitrogens is 2. The van der Waals surface area contributed by atoms with Crippen molar-refractivity contribution < 1.29 is 29.4 Å². The largest absolute Gasteiger partial charge is 0.481 e. The van der Waals surface area contributed by atoms with Crippen molar-refractivity contribution in [1.29, 1.82) is 0 Å². The number of amides is 2. The van der Waals surface area contributed by atoms with Crippen LogP contribution in [-0.4, -0.2) is 50.0 Å². The summed E-state index contributed by atoms with van der Waals surface area (Å²) in [5.74, 6) is -2.18. The van der Waals surface area contributed by atoms with E-state index < -0.39 is 11.9 Å². The van der Waals surface area contributed by atoms with Crippen LogP contribution in [0, 0.1) is 13.8 Å². The molecule has 0 saturated heterocycles. The Hall–Kier alpha value is -4.86. The molecular formula is C33H38N4O6. The molecule has 10 heteroatoms. The van der Waals surface area contributed by atoms with E-state index in [9.17, 15) is 29.4 Å². The Kier molecular flexibility index (Phi) is 9.08. The van der Waals surface area contributed by atoms with Crippen LogP contribution in [0.25, 0.3) is 6.08 Å². The summed E-state index contributed by atoms with van der Waals surface area (Å²) in [5.41, 5.74) is 10.2. The van der Waals surface area contributed by atoms with Gasteiger partial charge < -0.3 is 30.8 Å². The van der Waals surface area contributed by atoms with Gasteiger partial charge in [-0.3, -0.25) is 19.2 Å². The molecule has 0 aliphatic carbocycles. The van der Waals surface area contributed by atoms with Crippen molar-refractivity contribution in [3.63, 3.8) is 0 Å². The highest BCUT2D eigenvalue weighted by Gasteiger charge is 2.29. The van der Waals surface area contributed by atoms with Gasteiger partial charge in [-0.1, -0.05) is 25.3 Å². The minimum absolute atomic E-state index is 0.0481. The van der Waals surface area contributed by atoms with Crippen molar-refractivity contribution in [2.75, 3.05) is 0 Å². The number of carboxylic acid groups (broad SMARTS) is 2. The molecule has 4 rings (SSSR count). The van der Waals surface area contributed by atoms with Crippen molar-refractivity contribution in [1.82, 2.24) is 20.6 Å². The highest BCUT2D eigenvalue weighted by molar-refractivity contribution is 6.02. The number of rotatable bonds is 13. The maximum absolute atomic E-state index is 12.4. The quantitative estimate of drug-likeness (QED) is 0.207. The van der Waals surface area contributed by atoms with E-state index in [0.717, 1.165) is 50.6 Å². The normalized spacial score (nSPS) is 17.6. The van der Waals surface area contributed by atoms with Crippen molar-refractivity contribution in [2.24, 2.45) is 0 Å². The molecule has 2 aliphatic heterocycles. The second-order valence-corrected chi connectivity index (χ2v) is 11.1. The van der Waals surface area contributed by atoms with Crippen molar-refractivity contribution in [2.45, 2.75) is 72.3 Å². The third-order valence-corrected chi connectivity index (χ3v) is 8.49. The summed E-state index contributed by atoms with van der Waals surface area (Å²) in [6.07, 6.45) is 6.41. The number of hydrogen-bond acceptors (Lipinski definition) is 4. The topological polar surface area (TPSA) is 164 Å². The zero-order valence-electron chi connectivity index (χ0n) is 25.0. The summed E-state index contributed by atoms with van der Waals surface area (Å²) >= 11 is 0.